The van der Waals surface area contributed by atoms with E-state index in [1.807, 2.05) is 36.4 Å². The highest BCUT2D eigenvalue weighted by Crippen LogP contribution is 2.23. The summed E-state index contributed by atoms with van der Waals surface area (Å²) in [7, 11) is 1.76. The maximum Gasteiger partial charge on any atom is 0.267 e. The highest BCUT2D eigenvalue weighted by molar-refractivity contribution is 6.33. The fourth-order valence-corrected chi connectivity index (χ4v) is 2.05. The van der Waals surface area contributed by atoms with Gasteiger partial charge in [0.05, 0.1) is 10.7 Å². The average Bonchev–Trinajstić information content (AvgIpc) is 2.56. The van der Waals surface area contributed by atoms with Gasteiger partial charge in [-0.15, -0.1) is 0 Å². The van der Waals surface area contributed by atoms with E-state index in [-0.39, 0.29) is 5.57 Å². The molecular weight excluding hydrogens is 312 g/mol. The zero-order valence-corrected chi connectivity index (χ0v) is 13.2. The van der Waals surface area contributed by atoms with Gasteiger partial charge < -0.3 is 16.0 Å². The van der Waals surface area contributed by atoms with Gasteiger partial charge >= 0.3 is 0 Å². The number of nitriles is 1. The lowest BCUT2D eigenvalue weighted by Crippen LogP contribution is -2.17. The Morgan fingerprint density at radius 1 is 1.30 bits per heavy atom. The van der Waals surface area contributed by atoms with E-state index >= 15 is 0 Å². The second kappa shape index (κ2) is 7.34. The minimum atomic E-state index is -0.517. The van der Waals surface area contributed by atoms with E-state index in [9.17, 15) is 10.1 Å². The molecule has 0 spiro atoms. The number of nitrogens with zero attached hydrogens (tertiary/aromatic N) is 2. The largest absolute Gasteiger partial charge is 0.398 e. The van der Waals surface area contributed by atoms with Crippen LogP contribution in [0.5, 0.6) is 0 Å². The molecule has 0 saturated heterocycles. The van der Waals surface area contributed by atoms with Crippen molar-refractivity contribution >= 4 is 34.6 Å². The van der Waals surface area contributed by atoms with Crippen LogP contribution < -0.4 is 16.0 Å². The Hall–Kier alpha value is -2.97. The van der Waals surface area contributed by atoms with Crippen LogP contribution in [0.15, 0.2) is 60.3 Å². The number of carbonyl (C=O) groups excluding carboxylic acids is 1. The van der Waals surface area contributed by atoms with E-state index in [1.165, 1.54) is 12.3 Å². The molecule has 0 saturated carbocycles. The van der Waals surface area contributed by atoms with Crippen molar-refractivity contribution < 1.29 is 4.79 Å². The highest BCUT2D eigenvalue weighted by Gasteiger charge is 2.11. The number of hydrogen-bond acceptors (Lipinski definition) is 4. The lowest BCUT2D eigenvalue weighted by molar-refractivity contribution is -0.112. The van der Waals surface area contributed by atoms with Crippen LogP contribution in [-0.2, 0) is 4.79 Å². The number of nitrogens with two attached hydrogens (primary N) is 1. The first-order valence-corrected chi connectivity index (χ1v) is 7.15. The zero-order chi connectivity index (χ0) is 16.8. The summed E-state index contributed by atoms with van der Waals surface area (Å²) < 4.78 is 0. The molecule has 0 aliphatic rings. The number of rotatable bonds is 4. The van der Waals surface area contributed by atoms with Crippen LogP contribution in [0.1, 0.15) is 0 Å². The summed E-state index contributed by atoms with van der Waals surface area (Å²) in [4.78, 5) is 13.9. The third-order valence-corrected chi connectivity index (χ3v) is 3.44. The summed E-state index contributed by atoms with van der Waals surface area (Å²) in [5.74, 6) is -0.517. The van der Waals surface area contributed by atoms with Crippen LogP contribution in [-0.4, -0.2) is 13.0 Å². The molecular formula is C17H15ClN4O. The third kappa shape index (κ3) is 4.25. The first-order chi connectivity index (χ1) is 11.0. The van der Waals surface area contributed by atoms with Crippen molar-refractivity contribution in [1.82, 2.24) is 0 Å². The van der Waals surface area contributed by atoms with Crippen molar-refractivity contribution in [3.8, 4) is 6.07 Å². The van der Waals surface area contributed by atoms with Crippen molar-refractivity contribution in [1.29, 1.82) is 5.26 Å². The fourth-order valence-electron chi connectivity index (χ4n) is 1.87. The predicted octanol–water partition coefficient (Wildman–Crippen LogP) is 3.40. The van der Waals surface area contributed by atoms with Crippen LogP contribution in [0.25, 0.3) is 0 Å². The number of hydrogen-bond donors (Lipinski definition) is 2. The number of amides is 1. The van der Waals surface area contributed by atoms with Crippen LogP contribution in [0.2, 0.25) is 5.02 Å². The van der Waals surface area contributed by atoms with Crippen molar-refractivity contribution in [2.45, 2.75) is 0 Å². The summed E-state index contributed by atoms with van der Waals surface area (Å²) >= 11 is 5.91. The van der Waals surface area contributed by atoms with Crippen molar-refractivity contribution in [2.75, 3.05) is 23.0 Å². The molecule has 3 N–H and O–H groups in total. The summed E-state index contributed by atoms with van der Waals surface area (Å²) in [6.07, 6.45) is 1.48. The Morgan fingerprint density at radius 3 is 2.61 bits per heavy atom. The van der Waals surface area contributed by atoms with E-state index in [0.717, 1.165) is 5.69 Å². The molecule has 6 heteroatoms. The molecule has 0 bridgehead atoms. The normalized spacial score (nSPS) is 10.7. The standard InChI is InChI=1S/C17H15ClN4O/c1-22(14-5-3-2-4-6-14)11-12(10-19)17(23)21-13-7-8-16(20)15(18)9-13/h2-9,11H,20H2,1H3,(H,21,23)/b12-11-. The molecule has 0 fully saturated rings. The molecule has 2 aromatic rings. The number of para-hydroxylation sites is 1. The van der Waals surface area contributed by atoms with Gasteiger partial charge in [0.1, 0.15) is 11.6 Å². The zero-order valence-electron chi connectivity index (χ0n) is 12.5. The van der Waals surface area contributed by atoms with Gasteiger partial charge in [0, 0.05) is 24.6 Å². The number of halogens is 1. The molecule has 5 nitrogen and oxygen atoms in total. The molecule has 2 rings (SSSR count). The molecule has 116 valence electrons. The number of nitrogens with one attached hydrogen (secondary N) is 1. The summed E-state index contributed by atoms with van der Waals surface area (Å²) in [5.41, 5.74) is 7.35. The van der Waals surface area contributed by atoms with Gasteiger partial charge in [0.15, 0.2) is 0 Å². The first kappa shape index (κ1) is 16.4. The van der Waals surface area contributed by atoms with Crippen LogP contribution in [0.3, 0.4) is 0 Å². The van der Waals surface area contributed by atoms with Gasteiger partial charge in [0.25, 0.3) is 5.91 Å². The second-order valence-corrected chi connectivity index (χ2v) is 5.20. The summed E-state index contributed by atoms with van der Waals surface area (Å²) in [6.45, 7) is 0. The smallest absolute Gasteiger partial charge is 0.267 e. The lowest BCUT2D eigenvalue weighted by atomic mass is 10.2. The topological polar surface area (TPSA) is 82.2 Å². The van der Waals surface area contributed by atoms with Crippen molar-refractivity contribution in [3.05, 3.63) is 65.3 Å². The van der Waals surface area contributed by atoms with Crippen molar-refractivity contribution in [2.24, 2.45) is 0 Å². The molecule has 1 amide bonds. The maximum absolute atomic E-state index is 12.2. The summed E-state index contributed by atoms with van der Waals surface area (Å²) in [6, 6.07) is 16.0. The Labute approximate surface area is 139 Å². The average molecular weight is 327 g/mol. The molecule has 0 aliphatic carbocycles. The van der Waals surface area contributed by atoms with Crippen LogP contribution in [0, 0.1) is 11.3 Å². The molecule has 0 unspecified atom stereocenters. The van der Waals surface area contributed by atoms with E-state index in [2.05, 4.69) is 5.32 Å². The Morgan fingerprint density at radius 2 is 2.00 bits per heavy atom. The number of benzene rings is 2. The molecule has 23 heavy (non-hydrogen) atoms. The number of carbonyl (C=O) groups is 1. The molecule has 0 aromatic heterocycles. The first-order valence-electron chi connectivity index (χ1n) is 6.77. The van der Waals surface area contributed by atoms with Gasteiger partial charge in [-0.3, -0.25) is 4.79 Å². The molecule has 0 atom stereocenters. The number of anilines is 3. The number of nitrogen functional groups attached to an aromatic ring is 1. The van der Waals surface area contributed by atoms with Crippen molar-refractivity contribution in [3.63, 3.8) is 0 Å². The molecule has 0 radical (unpaired) electrons. The SMILES string of the molecule is CN(/C=C(/C#N)C(=O)Nc1ccc(N)c(Cl)c1)c1ccccc1. The van der Waals surface area contributed by atoms with Gasteiger partial charge in [-0.25, -0.2) is 0 Å². The minimum absolute atomic E-state index is 0.0238. The van der Waals surface area contributed by atoms with E-state index in [4.69, 9.17) is 17.3 Å². The predicted molar refractivity (Wildman–Crippen MR) is 93.0 cm³/mol. The monoisotopic (exact) mass is 326 g/mol. The van der Waals surface area contributed by atoms with Gasteiger partial charge in [-0.05, 0) is 30.3 Å². The highest BCUT2D eigenvalue weighted by atomic mass is 35.5. The Balaban J connectivity index is 2.16. The summed E-state index contributed by atoms with van der Waals surface area (Å²) in [5, 5.41) is 12.2. The molecule has 0 heterocycles. The third-order valence-electron chi connectivity index (χ3n) is 3.11. The van der Waals surface area contributed by atoms with E-state index < -0.39 is 5.91 Å². The second-order valence-electron chi connectivity index (χ2n) is 4.79. The fraction of sp³-hybridized carbons (Fsp3) is 0.0588. The lowest BCUT2D eigenvalue weighted by Gasteiger charge is -2.14. The minimum Gasteiger partial charge on any atom is -0.398 e. The van der Waals surface area contributed by atoms with E-state index in [0.29, 0.717) is 16.4 Å². The molecule has 2 aromatic carbocycles. The maximum atomic E-state index is 12.2. The van der Waals surface area contributed by atoms with Gasteiger partial charge in [-0.1, -0.05) is 29.8 Å². The Kier molecular flexibility index (Phi) is 5.23. The van der Waals surface area contributed by atoms with Gasteiger partial charge in [0.2, 0.25) is 0 Å². The van der Waals surface area contributed by atoms with Crippen LogP contribution in [0.4, 0.5) is 17.1 Å². The quantitative estimate of drug-likeness (QED) is 0.512. The Bertz CT molecular complexity index is 781. The van der Waals surface area contributed by atoms with Gasteiger partial charge in [-0.2, -0.15) is 5.26 Å². The van der Waals surface area contributed by atoms with Crippen LogP contribution >= 0.6 is 11.6 Å². The molecule has 0 aliphatic heterocycles. The van der Waals surface area contributed by atoms with E-state index in [1.54, 1.807) is 24.1 Å².